The molecule has 0 bridgehead atoms. The predicted molar refractivity (Wildman–Crippen MR) is 100 cm³/mol. The number of halogens is 1. The van der Waals surface area contributed by atoms with Gasteiger partial charge in [0.2, 0.25) is 0 Å². The zero-order valence-electron chi connectivity index (χ0n) is 14.5. The van der Waals surface area contributed by atoms with Gasteiger partial charge < -0.3 is 4.74 Å². The number of nitrogens with zero attached hydrogens (tertiary/aromatic N) is 1. The zero-order chi connectivity index (χ0) is 19.4. The molecule has 1 aliphatic rings. The Hall–Kier alpha value is -1.97. The Bertz CT molecular complexity index is 907. The van der Waals surface area contributed by atoms with Crippen molar-refractivity contribution in [3.05, 3.63) is 70.7 Å². The highest BCUT2D eigenvalue weighted by atomic mass is 35.5. The van der Waals surface area contributed by atoms with E-state index in [0.29, 0.717) is 18.1 Å². The Labute approximate surface area is 163 Å². The SMILES string of the molecule is CON(C1CCOC1c1cccc(Cl)c1)S(=O)(=O)NC(=O)c1ccccc1. The van der Waals surface area contributed by atoms with Crippen molar-refractivity contribution in [3.8, 4) is 0 Å². The molecule has 0 aromatic heterocycles. The van der Waals surface area contributed by atoms with E-state index in [2.05, 4.69) is 0 Å². The van der Waals surface area contributed by atoms with Crippen LogP contribution >= 0.6 is 11.6 Å². The van der Waals surface area contributed by atoms with Gasteiger partial charge in [-0.3, -0.25) is 9.63 Å². The molecule has 9 heteroatoms. The molecule has 0 aliphatic carbocycles. The quantitative estimate of drug-likeness (QED) is 0.740. The number of amides is 1. The molecule has 2 aromatic rings. The summed E-state index contributed by atoms with van der Waals surface area (Å²) in [4.78, 5) is 17.4. The average Bonchev–Trinajstić information content (AvgIpc) is 3.11. The van der Waals surface area contributed by atoms with Crippen molar-refractivity contribution in [3.63, 3.8) is 0 Å². The molecule has 2 unspecified atom stereocenters. The number of carbonyl (C=O) groups is 1. The summed E-state index contributed by atoms with van der Waals surface area (Å²) in [6.45, 7) is 0.351. The maximum Gasteiger partial charge on any atom is 0.326 e. The molecular weight excluding hydrogens is 392 g/mol. The molecule has 0 spiro atoms. The minimum atomic E-state index is -4.26. The van der Waals surface area contributed by atoms with Crippen LogP contribution in [0.3, 0.4) is 0 Å². The van der Waals surface area contributed by atoms with E-state index in [4.69, 9.17) is 21.2 Å². The van der Waals surface area contributed by atoms with Crippen LogP contribution in [0, 0.1) is 0 Å². The number of nitrogens with one attached hydrogen (secondary N) is 1. The molecule has 2 aromatic carbocycles. The van der Waals surface area contributed by atoms with Crippen molar-refractivity contribution >= 4 is 27.7 Å². The van der Waals surface area contributed by atoms with Gasteiger partial charge in [-0.05, 0) is 36.2 Å². The summed E-state index contributed by atoms with van der Waals surface area (Å²) in [5.41, 5.74) is 0.961. The van der Waals surface area contributed by atoms with Gasteiger partial charge >= 0.3 is 10.2 Å². The Balaban J connectivity index is 1.83. The molecule has 2 atom stereocenters. The Morgan fingerprint density at radius 3 is 2.63 bits per heavy atom. The van der Waals surface area contributed by atoms with Gasteiger partial charge in [0.1, 0.15) is 6.10 Å². The highest BCUT2D eigenvalue weighted by Gasteiger charge is 2.41. The Morgan fingerprint density at radius 1 is 1.22 bits per heavy atom. The molecule has 1 amide bonds. The van der Waals surface area contributed by atoms with Gasteiger partial charge in [-0.15, -0.1) is 0 Å². The standard InChI is InChI=1S/C18H19ClN2O5S/c1-25-21(27(23,24)20-18(22)13-6-3-2-4-7-13)16-10-11-26-17(16)14-8-5-9-15(19)12-14/h2-9,12,16-17H,10-11H2,1H3,(H,20,22). The first-order valence-corrected chi connectivity index (χ1v) is 10.1. The van der Waals surface area contributed by atoms with E-state index in [1.54, 1.807) is 42.5 Å². The normalized spacial score (nSPS) is 20.0. The van der Waals surface area contributed by atoms with Gasteiger partial charge in [-0.1, -0.05) is 46.4 Å². The van der Waals surface area contributed by atoms with Gasteiger partial charge in [0.05, 0.1) is 13.2 Å². The van der Waals surface area contributed by atoms with E-state index in [1.807, 2.05) is 4.72 Å². The smallest absolute Gasteiger partial charge is 0.326 e. The second-order valence-electron chi connectivity index (χ2n) is 5.94. The second kappa shape index (κ2) is 8.37. The number of rotatable bonds is 6. The van der Waals surface area contributed by atoms with Crippen LogP contribution in [0.25, 0.3) is 0 Å². The number of carbonyl (C=O) groups excluding carboxylic acids is 1. The van der Waals surface area contributed by atoms with Crippen LogP contribution in [-0.4, -0.2) is 38.6 Å². The van der Waals surface area contributed by atoms with E-state index >= 15 is 0 Å². The van der Waals surface area contributed by atoms with Crippen molar-refractivity contribution in [1.29, 1.82) is 0 Å². The molecule has 0 radical (unpaired) electrons. The fourth-order valence-electron chi connectivity index (χ4n) is 3.02. The third-order valence-electron chi connectivity index (χ3n) is 4.18. The Morgan fingerprint density at radius 2 is 1.96 bits per heavy atom. The molecule has 1 fully saturated rings. The topological polar surface area (TPSA) is 84.9 Å². The first-order chi connectivity index (χ1) is 12.9. The molecule has 1 aliphatic heterocycles. The van der Waals surface area contributed by atoms with E-state index in [9.17, 15) is 13.2 Å². The van der Waals surface area contributed by atoms with Crippen LogP contribution in [0.1, 0.15) is 28.4 Å². The van der Waals surface area contributed by atoms with Crippen molar-refractivity contribution < 1.29 is 22.8 Å². The third-order valence-corrected chi connectivity index (χ3v) is 5.76. The third kappa shape index (κ3) is 4.48. The molecule has 1 heterocycles. The van der Waals surface area contributed by atoms with Gasteiger partial charge in [0.15, 0.2) is 0 Å². The summed E-state index contributed by atoms with van der Waals surface area (Å²) in [5.74, 6) is -0.740. The van der Waals surface area contributed by atoms with Crippen LogP contribution in [-0.2, 0) is 19.8 Å². The lowest BCUT2D eigenvalue weighted by Gasteiger charge is -2.29. The van der Waals surface area contributed by atoms with Crippen LogP contribution in [0.2, 0.25) is 5.02 Å². The molecule has 3 rings (SSSR count). The molecule has 27 heavy (non-hydrogen) atoms. The fraction of sp³-hybridized carbons (Fsp3) is 0.278. The van der Waals surface area contributed by atoms with E-state index in [0.717, 1.165) is 10.0 Å². The van der Waals surface area contributed by atoms with Gasteiger partial charge in [0.25, 0.3) is 5.91 Å². The maximum absolute atomic E-state index is 12.8. The predicted octanol–water partition coefficient (Wildman–Crippen LogP) is 2.71. The second-order valence-corrected chi connectivity index (χ2v) is 7.89. The van der Waals surface area contributed by atoms with Crippen molar-refractivity contribution in [2.75, 3.05) is 13.7 Å². The molecule has 1 saturated heterocycles. The maximum atomic E-state index is 12.8. The van der Waals surface area contributed by atoms with Crippen molar-refractivity contribution in [2.24, 2.45) is 0 Å². The number of ether oxygens (including phenoxy) is 1. The number of benzene rings is 2. The lowest BCUT2D eigenvalue weighted by molar-refractivity contribution is -0.0984. The highest BCUT2D eigenvalue weighted by Crippen LogP contribution is 2.35. The largest absolute Gasteiger partial charge is 0.372 e. The summed E-state index contributed by atoms with van der Waals surface area (Å²) in [6, 6.07) is 14.4. The number of hydroxylamine groups is 1. The van der Waals surface area contributed by atoms with E-state index in [-0.39, 0.29) is 5.56 Å². The molecule has 1 N–H and O–H groups in total. The van der Waals surface area contributed by atoms with Crippen LogP contribution in [0.15, 0.2) is 54.6 Å². The highest BCUT2D eigenvalue weighted by molar-refractivity contribution is 7.87. The molecule has 0 saturated carbocycles. The van der Waals surface area contributed by atoms with Gasteiger partial charge in [-0.25, -0.2) is 4.72 Å². The van der Waals surface area contributed by atoms with E-state index in [1.165, 1.54) is 19.2 Å². The van der Waals surface area contributed by atoms with Crippen molar-refractivity contribution in [1.82, 2.24) is 9.19 Å². The first-order valence-electron chi connectivity index (χ1n) is 8.25. The van der Waals surface area contributed by atoms with E-state index < -0.39 is 28.3 Å². The van der Waals surface area contributed by atoms with Crippen LogP contribution in [0.5, 0.6) is 0 Å². The number of hydrogen-bond acceptors (Lipinski definition) is 5. The molecule has 144 valence electrons. The fourth-order valence-corrected chi connectivity index (χ4v) is 4.43. The lowest BCUT2D eigenvalue weighted by Crippen LogP contribution is -2.48. The number of hydrogen-bond donors (Lipinski definition) is 1. The minimum absolute atomic E-state index is 0.228. The van der Waals surface area contributed by atoms with Gasteiger partial charge in [-0.2, -0.15) is 8.42 Å². The molecular formula is C18H19ClN2O5S. The molecule has 7 nitrogen and oxygen atoms in total. The first kappa shape index (κ1) is 19.8. The summed E-state index contributed by atoms with van der Waals surface area (Å²) >= 11 is 6.04. The average molecular weight is 411 g/mol. The summed E-state index contributed by atoms with van der Waals surface area (Å²) < 4.78 is 34.1. The summed E-state index contributed by atoms with van der Waals surface area (Å²) in [6.07, 6.45) is -0.155. The lowest BCUT2D eigenvalue weighted by atomic mass is 10.0. The van der Waals surface area contributed by atoms with Crippen LogP contribution in [0.4, 0.5) is 0 Å². The summed E-state index contributed by atoms with van der Waals surface area (Å²) in [7, 11) is -3.02. The monoisotopic (exact) mass is 410 g/mol. The van der Waals surface area contributed by atoms with Crippen LogP contribution < -0.4 is 4.72 Å². The Kier molecular flexibility index (Phi) is 6.13. The van der Waals surface area contributed by atoms with Crippen molar-refractivity contribution in [2.45, 2.75) is 18.6 Å². The van der Waals surface area contributed by atoms with Gasteiger partial charge in [0, 0.05) is 17.2 Å². The summed E-state index contributed by atoms with van der Waals surface area (Å²) in [5, 5.41) is 0.519. The minimum Gasteiger partial charge on any atom is -0.372 e. The zero-order valence-corrected chi connectivity index (χ0v) is 16.1.